The van der Waals surface area contributed by atoms with Gasteiger partial charge in [-0.3, -0.25) is 14.5 Å². The molecule has 0 fully saturated rings. The molecule has 0 saturated heterocycles. The number of benzene rings is 2. The second-order valence-electron chi connectivity index (χ2n) is 6.34. The molecule has 0 atom stereocenters. The number of halogens is 3. The zero-order valence-corrected chi connectivity index (χ0v) is 17.6. The lowest BCUT2D eigenvalue weighted by Gasteiger charge is -2.15. The van der Waals surface area contributed by atoms with E-state index in [-0.39, 0.29) is 22.2 Å². The first-order chi connectivity index (χ1) is 13.8. The van der Waals surface area contributed by atoms with Crippen LogP contribution in [-0.4, -0.2) is 29.3 Å². The van der Waals surface area contributed by atoms with E-state index < -0.39 is 17.8 Å². The van der Waals surface area contributed by atoms with Crippen LogP contribution in [0.2, 0.25) is 10.0 Å². The quantitative estimate of drug-likeness (QED) is 0.453. The highest BCUT2D eigenvalue weighted by Gasteiger charge is 2.38. The molecule has 1 aliphatic heterocycles. The monoisotopic (exact) mass is 451 g/mol. The average molecular weight is 453 g/mol. The number of carbonyl (C=O) groups is 3. The summed E-state index contributed by atoms with van der Waals surface area (Å²) in [6.45, 7) is 2.26. The average Bonchev–Trinajstić information content (AvgIpc) is 2.90. The molecule has 0 unspecified atom stereocenters. The first-order valence-electron chi connectivity index (χ1n) is 8.81. The molecule has 3 rings (SSSR count). The smallest absolute Gasteiger partial charge is 0.338 e. The number of rotatable bonds is 6. The van der Waals surface area contributed by atoms with Gasteiger partial charge in [0.2, 0.25) is 0 Å². The third-order valence-electron chi connectivity index (χ3n) is 4.28. The molecular formula is C21H16Cl3NO4. The Morgan fingerprint density at radius 2 is 1.69 bits per heavy atom. The van der Waals surface area contributed by atoms with E-state index >= 15 is 0 Å². The number of esters is 1. The van der Waals surface area contributed by atoms with Crippen LogP contribution in [0.25, 0.3) is 5.57 Å². The Morgan fingerprint density at radius 3 is 2.31 bits per heavy atom. The predicted octanol–water partition coefficient (Wildman–Crippen LogP) is 5.08. The van der Waals surface area contributed by atoms with Crippen LogP contribution in [0.4, 0.5) is 0 Å². The van der Waals surface area contributed by atoms with Gasteiger partial charge in [0.05, 0.1) is 29.3 Å². The van der Waals surface area contributed by atoms with Crippen LogP contribution < -0.4 is 0 Å². The lowest BCUT2D eigenvalue weighted by Crippen LogP contribution is -2.30. The van der Waals surface area contributed by atoms with Gasteiger partial charge in [0.1, 0.15) is 5.03 Å². The number of nitrogens with zero attached hydrogens (tertiary/aromatic N) is 1. The minimum absolute atomic E-state index is 0.00683. The molecule has 2 amide bonds. The van der Waals surface area contributed by atoms with Crippen LogP contribution in [0, 0.1) is 0 Å². The first kappa shape index (κ1) is 21.4. The number of ether oxygens (including phenoxy) is 1. The summed E-state index contributed by atoms with van der Waals surface area (Å²) in [6.07, 6.45) is 0.733. The second kappa shape index (κ2) is 8.99. The topological polar surface area (TPSA) is 63.7 Å². The lowest BCUT2D eigenvalue weighted by molar-refractivity contribution is -0.137. The van der Waals surface area contributed by atoms with E-state index in [4.69, 9.17) is 39.5 Å². The van der Waals surface area contributed by atoms with Gasteiger partial charge in [0.15, 0.2) is 0 Å². The largest absolute Gasteiger partial charge is 0.462 e. The molecule has 1 aliphatic rings. The summed E-state index contributed by atoms with van der Waals surface area (Å²) in [5.41, 5.74) is 1.44. The van der Waals surface area contributed by atoms with Crippen molar-refractivity contribution in [3.05, 3.63) is 74.2 Å². The van der Waals surface area contributed by atoms with E-state index in [1.807, 2.05) is 6.92 Å². The molecule has 0 N–H and O–H groups in total. The third-order valence-corrected chi connectivity index (χ3v) is 5.18. The Balaban J connectivity index is 1.79. The highest BCUT2D eigenvalue weighted by molar-refractivity contribution is 6.55. The van der Waals surface area contributed by atoms with Crippen molar-refractivity contribution in [1.29, 1.82) is 0 Å². The van der Waals surface area contributed by atoms with Gasteiger partial charge in [-0.05, 0) is 36.2 Å². The summed E-state index contributed by atoms with van der Waals surface area (Å²) < 4.78 is 5.08. The molecule has 8 heteroatoms. The fourth-order valence-corrected chi connectivity index (χ4v) is 3.61. The van der Waals surface area contributed by atoms with Gasteiger partial charge in [-0.2, -0.15) is 0 Å². The predicted molar refractivity (Wildman–Crippen MR) is 112 cm³/mol. The first-order valence-corrected chi connectivity index (χ1v) is 9.94. The molecule has 0 radical (unpaired) electrons. The van der Waals surface area contributed by atoms with Gasteiger partial charge in [-0.25, -0.2) is 4.79 Å². The zero-order chi connectivity index (χ0) is 21.1. The van der Waals surface area contributed by atoms with Crippen LogP contribution in [0.5, 0.6) is 0 Å². The van der Waals surface area contributed by atoms with Crippen molar-refractivity contribution >= 4 is 58.2 Å². The van der Waals surface area contributed by atoms with Gasteiger partial charge in [0, 0.05) is 10.6 Å². The minimum Gasteiger partial charge on any atom is -0.462 e. The molecule has 150 valence electrons. The maximum Gasteiger partial charge on any atom is 0.338 e. The number of hydrogen-bond acceptors (Lipinski definition) is 4. The summed E-state index contributed by atoms with van der Waals surface area (Å²) >= 11 is 18.2. The fraction of sp³-hybridized carbons (Fsp3) is 0.190. The molecule has 2 aromatic carbocycles. The van der Waals surface area contributed by atoms with Crippen LogP contribution in [0.15, 0.2) is 47.5 Å². The van der Waals surface area contributed by atoms with Crippen LogP contribution >= 0.6 is 34.8 Å². The molecule has 2 aromatic rings. The van der Waals surface area contributed by atoms with E-state index in [1.165, 1.54) is 6.07 Å². The normalized spacial score (nSPS) is 14.0. The Morgan fingerprint density at radius 1 is 1.00 bits per heavy atom. The van der Waals surface area contributed by atoms with Crippen LogP contribution in [0.1, 0.15) is 34.8 Å². The molecule has 0 aromatic heterocycles. The zero-order valence-electron chi connectivity index (χ0n) is 15.4. The number of carbonyl (C=O) groups excluding carboxylic acids is 3. The van der Waals surface area contributed by atoms with Gasteiger partial charge in [-0.1, -0.05) is 59.9 Å². The van der Waals surface area contributed by atoms with Crippen LogP contribution in [-0.2, 0) is 20.9 Å². The van der Waals surface area contributed by atoms with Crippen molar-refractivity contribution in [2.24, 2.45) is 0 Å². The molecule has 0 spiro atoms. The third kappa shape index (κ3) is 4.47. The van der Waals surface area contributed by atoms with E-state index in [1.54, 1.807) is 36.4 Å². The van der Waals surface area contributed by atoms with Gasteiger partial charge in [-0.15, -0.1) is 0 Å². The highest BCUT2D eigenvalue weighted by atomic mass is 35.5. The number of amides is 2. The fourth-order valence-electron chi connectivity index (χ4n) is 2.82. The van der Waals surface area contributed by atoms with Crippen LogP contribution in [0.3, 0.4) is 0 Å². The SMILES string of the molecule is CCCOC(=O)c1ccc(CN2C(=O)C(Cl)=C(c3ccc(Cl)cc3Cl)C2=O)cc1. The number of imide groups is 1. The Bertz CT molecular complexity index is 1020. The van der Waals surface area contributed by atoms with Crippen molar-refractivity contribution < 1.29 is 19.1 Å². The van der Waals surface area contributed by atoms with Crippen molar-refractivity contribution in [3.8, 4) is 0 Å². The standard InChI is InChI=1S/C21H16Cl3NO4/c1-2-9-29-21(28)13-5-3-12(4-6-13)11-25-19(26)17(18(24)20(25)27)15-8-7-14(22)10-16(15)23/h3-8,10H,2,9,11H2,1H3. The molecule has 29 heavy (non-hydrogen) atoms. The Kier molecular flexibility index (Phi) is 6.63. The summed E-state index contributed by atoms with van der Waals surface area (Å²) in [4.78, 5) is 38.3. The van der Waals surface area contributed by atoms with Crippen molar-refractivity contribution in [2.45, 2.75) is 19.9 Å². The van der Waals surface area contributed by atoms with E-state index in [0.717, 1.165) is 11.3 Å². The Hall–Kier alpha value is -2.34. The molecule has 5 nitrogen and oxygen atoms in total. The van der Waals surface area contributed by atoms with Gasteiger partial charge >= 0.3 is 5.97 Å². The van der Waals surface area contributed by atoms with Crippen molar-refractivity contribution in [3.63, 3.8) is 0 Å². The number of hydrogen-bond donors (Lipinski definition) is 0. The van der Waals surface area contributed by atoms with Crippen molar-refractivity contribution in [2.75, 3.05) is 6.61 Å². The van der Waals surface area contributed by atoms with E-state index in [0.29, 0.717) is 28.3 Å². The highest BCUT2D eigenvalue weighted by Crippen LogP contribution is 2.36. The molecule has 1 heterocycles. The van der Waals surface area contributed by atoms with Crippen molar-refractivity contribution in [1.82, 2.24) is 4.90 Å². The van der Waals surface area contributed by atoms with Gasteiger partial charge < -0.3 is 4.74 Å². The Labute approximate surface area is 182 Å². The summed E-state index contributed by atoms with van der Waals surface area (Å²) in [7, 11) is 0. The molecular weight excluding hydrogens is 437 g/mol. The molecule has 0 aliphatic carbocycles. The van der Waals surface area contributed by atoms with E-state index in [9.17, 15) is 14.4 Å². The summed E-state index contributed by atoms with van der Waals surface area (Å²) in [5.74, 6) is -1.57. The lowest BCUT2D eigenvalue weighted by atomic mass is 10.1. The minimum atomic E-state index is -0.607. The second-order valence-corrected chi connectivity index (χ2v) is 7.56. The maximum atomic E-state index is 12.9. The molecule has 0 bridgehead atoms. The summed E-state index contributed by atoms with van der Waals surface area (Å²) in [5, 5.41) is 0.434. The summed E-state index contributed by atoms with van der Waals surface area (Å²) in [6, 6.07) is 11.1. The van der Waals surface area contributed by atoms with Gasteiger partial charge in [0.25, 0.3) is 11.8 Å². The molecule has 0 saturated carbocycles. The maximum absolute atomic E-state index is 12.9. The van der Waals surface area contributed by atoms with E-state index in [2.05, 4.69) is 0 Å².